The predicted octanol–water partition coefficient (Wildman–Crippen LogP) is 5.26. The number of benzene rings is 2. The van der Waals surface area contributed by atoms with E-state index in [9.17, 15) is 26.8 Å². The molecule has 1 aliphatic rings. The molecule has 0 unspecified atom stereocenters. The number of nitrogens with one attached hydrogen (secondary N) is 2. The van der Waals surface area contributed by atoms with Crippen LogP contribution in [0.3, 0.4) is 0 Å². The number of anilines is 2. The minimum absolute atomic E-state index is 0.0116. The van der Waals surface area contributed by atoms with Crippen LogP contribution in [0.5, 0.6) is 0 Å². The Balaban J connectivity index is 1.35. The summed E-state index contributed by atoms with van der Waals surface area (Å²) in [6.45, 7) is 0.577. The van der Waals surface area contributed by atoms with E-state index in [4.69, 9.17) is 0 Å². The van der Waals surface area contributed by atoms with Crippen molar-refractivity contribution in [2.24, 2.45) is 0 Å². The Labute approximate surface area is 234 Å². The van der Waals surface area contributed by atoms with Crippen molar-refractivity contribution >= 4 is 54.9 Å². The van der Waals surface area contributed by atoms with Crippen molar-refractivity contribution in [3.8, 4) is 11.3 Å². The minimum atomic E-state index is -4.46. The number of aromatic nitrogens is 3. The normalized spacial score (nSPS) is 13.7. The van der Waals surface area contributed by atoms with Crippen LogP contribution in [0, 0.1) is 17.5 Å². The second-order valence-electron chi connectivity index (χ2n) is 9.16. The van der Waals surface area contributed by atoms with Crippen LogP contribution in [-0.2, 0) is 14.8 Å². The molecule has 208 valence electrons. The number of thiazole rings is 1. The lowest BCUT2D eigenvalue weighted by atomic mass is 10.0. The summed E-state index contributed by atoms with van der Waals surface area (Å²) in [7, 11) is -4.46. The molecule has 0 radical (unpaired) electrons. The van der Waals surface area contributed by atoms with E-state index in [1.54, 1.807) is 16.3 Å². The Kier molecular flexibility index (Phi) is 6.58. The van der Waals surface area contributed by atoms with Gasteiger partial charge in [-0.2, -0.15) is 0 Å². The summed E-state index contributed by atoms with van der Waals surface area (Å²) >= 11 is 1.28. The van der Waals surface area contributed by atoms with Crippen molar-refractivity contribution in [1.29, 1.82) is 0 Å². The van der Waals surface area contributed by atoms with Gasteiger partial charge < -0.3 is 4.98 Å². The molecule has 0 bridgehead atoms. The Morgan fingerprint density at radius 3 is 2.71 bits per heavy atom. The molecule has 2 aromatic carbocycles. The van der Waals surface area contributed by atoms with Crippen LogP contribution in [-0.4, -0.2) is 41.6 Å². The third-order valence-electron chi connectivity index (χ3n) is 6.54. The number of ketones is 1. The van der Waals surface area contributed by atoms with Gasteiger partial charge >= 0.3 is 0 Å². The lowest BCUT2D eigenvalue weighted by Crippen LogP contribution is -2.23. The van der Waals surface area contributed by atoms with Gasteiger partial charge in [0.25, 0.3) is 10.0 Å². The molecule has 14 heteroatoms. The highest BCUT2D eigenvalue weighted by atomic mass is 32.2. The monoisotopic (exact) mass is 597 g/mol. The summed E-state index contributed by atoms with van der Waals surface area (Å²) in [4.78, 5) is 38.3. The number of amides is 1. The van der Waals surface area contributed by atoms with Crippen molar-refractivity contribution in [3.63, 3.8) is 0 Å². The van der Waals surface area contributed by atoms with Gasteiger partial charge in [-0.05, 0) is 42.8 Å². The highest BCUT2D eigenvalue weighted by Gasteiger charge is 2.28. The van der Waals surface area contributed by atoms with Crippen LogP contribution in [0.15, 0.2) is 65.1 Å². The topological polar surface area (TPSA) is 125 Å². The zero-order valence-electron chi connectivity index (χ0n) is 20.8. The van der Waals surface area contributed by atoms with E-state index in [1.807, 2.05) is 4.72 Å². The molecule has 0 spiro atoms. The fourth-order valence-corrected chi connectivity index (χ4v) is 6.48. The van der Waals surface area contributed by atoms with Crippen LogP contribution in [0.1, 0.15) is 28.8 Å². The van der Waals surface area contributed by atoms with Crippen LogP contribution >= 0.6 is 11.3 Å². The van der Waals surface area contributed by atoms with E-state index in [0.29, 0.717) is 29.4 Å². The van der Waals surface area contributed by atoms with Crippen molar-refractivity contribution in [2.45, 2.75) is 17.7 Å². The van der Waals surface area contributed by atoms with E-state index < -0.39 is 49.4 Å². The number of hydrogen-bond donors (Lipinski definition) is 2. The summed E-state index contributed by atoms with van der Waals surface area (Å²) in [6.07, 6.45) is 3.97. The highest BCUT2D eigenvalue weighted by molar-refractivity contribution is 7.92. The molecule has 0 aliphatic carbocycles. The van der Waals surface area contributed by atoms with Crippen molar-refractivity contribution < 1.29 is 31.2 Å². The molecule has 1 saturated heterocycles. The Hall–Kier alpha value is -4.56. The van der Waals surface area contributed by atoms with E-state index in [0.717, 1.165) is 42.8 Å². The minimum Gasteiger partial charge on any atom is -0.345 e. The number of fused-ring (bicyclic) bond motifs is 1. The predicted molar refractivity (Wildman–Crippen MR) is 146 cm³/mol. The van der Waals surface area contributed by atoms with Gasteiger partial charge in [-0.1, -0.05) is 6.07 Å². The van der Waals surface area contributed by atoms with Gasteiger partial charge in [0.2, 0.25) is 11.7 Å². The van der Waals surface area contributed by atoms with E-state index in [2.05, 4.69) is 15.0 Å². The number of rotatable bonds is 7. The van der Waals surface area contributed by atoms with Gasteiger partial charge in [0.05, 0.1) is 21.8 Å². The first-order chi connectivity index (χ1) is 19.6. The quantitative estimate of drug-likeness (QED) is 0.247. The van der Waals surface area contributed by atoms with E-state index in [-0.39, 0.29) is 22.5 Å². The summed E-state index contributed by atoms with van der Waals surface area (Å²) in [5.41, 5.74) is -0.500. The fourth-order valence-electron chi connectivity index (χ4n) is 4.51. The number of carbonyl (C=O) groups excluding carboxylic acids is 2. The van der Waals surface area contributed by atoms with Gasteiger partial charge in [-0.25, -0.2) is 31.6 Å². The number of H-pyrrole nitrogens is 1. The van der Waals surface area contributed by atoms with Crippen LogP contribution in [0.2, 0.25) is 0 Å². The first kappa shape index (κ1) is 26.7. The Morgan fingerprint density at radius 1 is 1.12 bits per heavy atom. The van der Waals surface area contributed by atoms with Crippen molar-refractivity contribution in [3.05, 3.63) is 88.8 Å². The third-order valence-corrected chi connectivity index (χ3v) is 8.76. The smallest absolute Gasteiger partial charge is 0.262 e. The number of halogens is 3. The highest BCUT2D eigenvalue weighted by Crippen LogP contribution is 2.33. The molecule has 0 saturated carbocycles. The Bertz CT molecular complexity index is 1970. The number of sulfonamides is 1. The molecule has 3 aromatic heterocycles. The largest absolute Gasteiger partial charge is 0.345 e. The molecular formula is C27H18F3N5O4S2. The SMILES string of the molecule is O=C(c1c(F)ccc(NS(=O)(=O)c2cccc(F)c2)c1F)c1c[nH]c2ncc(-c3csc(N4CCCC4=O)n3)cc12. The summed E-state index contributed by atoms with van der Waals surface area (Å²) in [5, 5.41) is 2.53. The van der Waals surface area contributed by atoms with Gasteiger partial charge in [0.15, 0.2) is 10.9 Å². The number of carbonyl (C=O) groups is 2. The lowest BCUT2D eigenvalue weighted by Gasteiger charge is -2.12. The number of pyridine rings is 1. The summed E-state index contributed by atoms with van der Waals surface area (Å²) in [5.74, 6) is -4.54. The number of nitrogens with zero attached hydrogens (tertiary/aromatic N) is 3. The zero-order chi connectivity index (χ0) is 28.9. The molecule has 5 aromatic rings. The fraction of sp³-hybridized carbons (Fsp3) is 0.111. The molecule has 0 atom stereocenters. The van der Waals surface area contributed by atoms with Gasteiger partial charge in [-0.3, -0.25) is 19.2 Å². The van der Waals surface area contributed by atoms with Crippen molar-refractivity contribution in [2.75, 3.05) is 16.2 Å². The van der Waals surface area contributed by atoms with Crippen LogP contribution in [0.25, 0.3) is 22.3 Å². The summed E-state index contributed by atoms with van der Waals surface area (Å²) < 4.78 is 71.2. The first-order valence-electron chi connectivity index (χ1n) is 12.2. The molecule has 9 nitrogen and oxygen atoms in total. The second-order valence-corrected chi connectivity index (χ2v) is 11.7. The molecule has 4 heterocycles. The van der Waals surface area contributed by atoms with Crippen molar-refractivity contribution in [1.82, 2.24) is 15.0 Å². The molecule has 41 heavy (non-hydrogen) atoms. The number of hydrogen-bond acceptors (Lipinski definition) is 7. The van der Waals surface area contributed by atoms with Crippen LogP contribution < -0.4 is 9.62 Å². The maximum atomic E-state index is 15.5. The molecule has 1 aliphatic heterocycles. The molecule has 1 fully saturated rings. The second kappa shape index (κ2) is 10.1. The average molecular weight is 598 g/mol. The standard InChI is InChI=1S/C27H18F3N5O4S2/c28-15-3-1-4-16(10-15)41(38,39)34-20-7-6-19(29)23(24(20)30)25(37)18-12-32-26-17(18)9-14(11-31-26)21-13-40-27(33-21)35-8-2-5-22(35)36/h1,3-4,6-7,9-13,34H,2,5,8H2,(H,31,32). The Morgan fingerprint density at radius 2 is 1.95 bits per heavy atom. The lowest BCUT2D eigenvalue weighted by molar-refractivity contribution is -0.117. The maximum Gasteiger partial charge on any atom is 0.262 e. The molecular weight excluding hydrogens is 579 g/mol. The van der Waals surface area contributed by atoms with Gasteiger partial charge in [0, 0.05) is 47.3 Å². The molecule has 1 amide bonds. The molecule has 2 N–H and O–H groups in total. The maximum absolute atomic E-state index is 15.5. The average Bonchev–Trinajstić information content (AvgIpc) is 3.69. The first-order valence-corrected chi connectivity index (χ1v) is 14.5. The number of aromatic amines is 1. The van der Waals surface area contributed by atoms with Gasteiger partial charge in [0.1, 0.15) is 17.3 Å². The van der Waals surface area contributed by atoms with Gasteiger partial charge in [-0.15, -0.1) is 11.3 Å². The van der Waals surface area contributed by atoms with Crippen LogP contribution in [0.4, 0.5) is 24.0 Å². The molecule has 6 rings (SSSR count). The van der Waals surface area contributed by atoms with E-state index >= 15 is 4.39 Å². The third kappa shape index (κ3) is 4.85. The van der Waals surface area contributed by atoms with E-state index in [1.165, 1.54) is 23.7 Å². The zero-order valence-corrected chi connectivity index (χ0v) is 22.5. The summed E-state index contributed by atoms with van der Waals surface area (Å²) in [6, 6.07) is 7.22.